The maximum atomic E-state index is 14.1. The highest BCUT2D eigenvalue weighted by atomic mass is 19.3. The number of hydrogen-bond donors (Lipinski definition) is 2. The van der Waals surface area contributed by atoms with E-state index in [2.05, 4.69) is 20.4 Å². The summed E-state index contributed by atoms with van der Waals surface area (Å²) >= 11 is 0. The van der Waals surface area contributed by atoms with Gasteiger partial charge in [0.1, 0.15) is 11.6 Å². The monoisotopic (exact) mass is 428 g/mol. The molecule has 0 saturated carbocycles. The van der Waals surface area contributed by atoms with Crippen molar-refractivity contribution in [3.63, 3.8) is 0 Å². The van der Waals surface area contributed by atoms with Crippen molar-refractivity contribution in [1.82, 2.24) is 15.5 Å². The SMILES string of the molecule is CCC(CC)C(=O)N1CCC(NC(=NC)NCc2c(F)cccc2OC(F)F)CC1. The number of halogens is 3. The number of alkyl halides is 2. The van der Waals surface area contributed by atoms with Crippen LogP contribution in [0, 0.1) is 11.7 Å². The molecule has 1 aromatic carbocycles. The van der Waals surface area contributed by atoms with Crippen molar-refractivity contribution in [3.05, 3.63) is 29.6 Å². The highest BCUT2D eigenvalue weighted by molar-refractivity contribution is 5.80. The first kappa shape index (κ1) is 23.8. The van der Waals surface area contributed by atoms with E-state index < -0.39 is 12.4 Å². The van der Waals surface area contributed by atoms with Gasteiger partial charge in [-0.15, -0.1) is 0 Å². The van der Waals surface area contributed by atoms with Gasteiger partial charge in [-0.3, -0.25) is 9.79 Å². The van der Waals surface area contributed by atoms with E-state index >= 15 is 0 Å². The van der Waals surface area contributed by atoms with Gasteiger partial charge in [-0.2, -0.15) is 8.78 Å². The molecule has 0 radical (unpaired) electrons. The lowest BCUT2D eigenvalue weighted by Gasteiger charge is -2.34. The number of carbonyl (C=O) groups is 1. The summed E-state index contributed by atoms with van der Waals surface area (Å²) in [5.74, 6) is -0.113. The van der Waals surface area contributed by atoms with E-state index in [9.17, 15) is 18.0 Å². The number of hydrogen-bond acceptors (Lipinski definition) is 3. The van der Waals surface area contributed by atoms with Gasteiger partial charge in [0.15, 0.2) is 5.96 Å². The number of piperidine rings is 1. The summed E-state index contributed by atoms with van der Waals surface area (Å²) in [6.45, 7) is 2.32. The molecule has 1 fully saturated rings. The molecule has 1 aromatic rings. The van der Waals surface area contributed by atoms with Crippen LogP contribution in [0.4, 0.5) is 13.2 Å². The van der Waals surface area contributed by atoms with Crippen LogP contribution in [-0.2, 0) is 11.3 Å². The zero-order chi connectivity index (χ0) is 22.1. The van der Waals surface area contributed by atoms with Crippen molar-refractivity contribution in [2.45, 2.75) is 58.7 Å². The van der Waals surface area contributed by atoms with Crippen LogP contribution in [-0.4, -0.2) is 49.6 Å². The highest BCUT2D eigenvalue weighted by Crippen LogP contribution is 2.23. The maximum absolute atomic E-state index is 14.1. The molecule has 1 saturated heterocycles. The largest absolute Gasteiger partial charge is 0.434 e. The summed E-state index contributed by atoms with van der Waals surface area (Å²) < 4.78 is 43.6. The molecule has 1 aliphatic heterocycles. The summed E-state index contributed by atoms with van der Waals surface area (Å²) in [5.41, 5.74) is 0.00587. The fourth-order valence-electron chi connectivity index (χ4n) is 3.62. The summed E-state index contributed by atoms with van der Waals surface area (Å²) in [6.07, 6.45) is 3.23. The van der Waals surface area contributed by atoms with Crippen LogP contribution in [0.3, 0.4) is 0 Å². The molecule has 1 aliphatic rings. The maximum Gasteiger partial charge on any atom is 0.387 e. The van der Waals surface area contributed by atoms with E-state index in [1.54, 1.807) is 7.05 Å². The van der Waals surface area contributed by atoms with Crippen LogP contribution in [0.2, 0.25) is 0 Å². The summed E-state index contributed by atoms with van der Waals surface area (Å²) in [6, 6.07) is 3.92. The predicted octanol–water partition coefficient (Wildman–Crippen LogP) is 3.52. The Balaban J connectivity index is 1.89. The van der Waals surface area contributed by atoms with Crippen molar-refractivity contribution in [2.75, 3.05) is 20.1 Å². The minimum atomic E-state index is -3.03. The van der Waals surface area contributed by atoms with Crippen molar-refractivity contribution in [3.8, 4) is 5.75 Å². The average molecular weight is 428 g/mol. The molecular formula is C21H31F3N4O2. The Bertz CT molecular complexity index is 718. The van der Waals surface area contributed by atoms with Crippen molar-refractivity contribution >= 4 is 11.9 Å². The van der Waals surface area contributed by atoms with Gasteiger partial charge in [0.25, 0.3) is 0 Å². The summed E-state index contributed by atoms with van der Waals surface area (Å²) in [4.78, 5) is 18.6. The number of carbonyl (C=O) groups excluding carboxylic acids is 1. The number of likely N-dealkylation sites (tertiary alicyclic amines) is 1. The van der Waals surface area contributed by atoms with Crippen LogP contribution >= 0.6 is 0 Å². The molecule has 30 heavy (non-hydrogen) atoms. The minimum Gasteiger partial charge on any atom is -0.434 e. The normalized spacial score (nSPS) is 15.6. The fraction of sp³-hybridized carbons (Fsp3) is 0.619. The first-order valence-corrected chi connectivity index (χ1v) is 10.4. The lowest BCUT2D eigenvalue weighted by atomic mass is 9.98. The molecule has 168 valence electrons. The predicted molar refractivity (Wildman–Crippen MR) is 110 cm³/mol. The van der Waals surface area contributed by atoms with Crippen LogP contribution < -0.4 is 15.4 Å². The first-order valence-electron chi connectivity index (χ1n) is 10.4. The molecule has 2 N–H and O–H groups in total. The highest BCUT2D eigenvalue weighted by Gasteiger charge is 2.27. The van der Waals surface area contributed by atoms with Crippen molar-refractivity contribution in [1.29, 1.82) is 0 Å². The van der Waals surface area contributed by atoms with Crippen molar-refractivity contribution < 1.29 is 22.7 Å². The third kappa shape index (κ3) is 6.53. The Morgan fingerprint density at radius 1 is 1.27 bits per heavy atom. The molecular weight excluding hydrogens is 397 g/mol. The molecule has 0 aliphatic carbocycles. The quantitative estimate of drug-likeness (QED) is 0.491. The third-order valence-electron chi connectivity index (χ3n) is 5.43. The molecule has 1 amide bonds. The van der Waals surface area contributed by atoms with Crippen LogP contribution in [0.15, 0.2) is 23.2 Å². The molecule has 0 bridgehead atoms. The molecule has 0 aromatic heterocycles. The smallest absolute Gasteiger partial charge is 0.387 e. The number of guanidine groups is 1. The number of aliphatic imine (C=N–C) groups is 1. The van der Waals surface area contributed by atoms with E-state index in [1.807, 2.05) is 18.7 Å². The second kappa shape index (κ2) is 11.7. The molecule has 2 rings (SSSR count). The zero-order valence-corrected chi connectivity index (χ0v) is 17.8. The Kier molecular flexibility index (Phi) is 9.26. The van der Waals surface area contributed by atoms with Gasteiger partial charge < -0.3 is 20.3 Å². The molecule has 1 heterocycles. The van der Waals surface area contributed by atoms with Gasteiger partial charge in [-0.05, 0) is 37.8 Å². The summed E-state index contributed by atoms with van der Waals surface area (Å²) in [5, 5.41) is 6.21. The minimum absolute atomic E-state index is 0.00587. The second-order valence-electron chi connectivity index (χ2n) is 7.28. The molecule has 6 nitrogen and oxygen atoms in total. The Morgan fingerprint density at radius 2 is 1.93 bits per heavy atom. The third-order valence-corrected chi connectivity index (χ3v) is 5.43. The number of rotatable bonds is 8. The van der Waals surface area contributed by atoms with E-state index in [4.69, 9.17) is 0 Å². The number of nitrogens with zero attached hydrogens (tertiary/aromatic N) is 2. The lowest BCUT2D eigenvalue weighted by molar-refractivity contribution is -0.136. The average Bonchev–Trinajstić information content (AvgIpc) is 2.73. The van der Waals surface area contributed by atoms with Gasteiger partial charge >= 0.3 is 6.61 Å². The van der Waals surface area contributed by atoms with Crippen LogP contribution in [0.5, 0.6) is 5.75 Å². The summed E-state index contributed by atoms with van der Waals surface area (Å²) in [7, 11) is 1.58. The van der Waals surface area contributed by atoms with Gasteiger partial charge in [-0.1, -0.05) is 19.9 Å². The van der Waals surface area contributed by atoms with Gasteiger partial charge in [0.05, 0.1) is 0 Å². The lowest BCUT2D eigenvalue weighted by Crippen LogP contribution is -2.50. The second-order valence-corrected chi connectivity index (χ2v) is 7.28. The van der Waals surface area contributed by atoms with Gasteiger partial charge in [0.2, 0.25) is 5.91 Å². The van der Waals surface area contributed by atoms with E-state index in [0.717, 1.165) is 25.7 Å². The number of amides is 1. The topological polar surface area (TPSA) is 66.0 Å². The van der Waals surface area contributed by atoms with Gasteiger partial charge in [-0.25, -0.2) is 4.39 Å². The fourth-order valence-corrected chi connectivity index (χ4v) is 3.62. The van der Waals surface area contributed by atoms with Gasteiger partial charge in [0, 0.05) is 44.2 Å². The van der Waals surface area contributed by atoms with Crippen LogP contribution in [0.1, 0.15) is 45.1 Å². The molecule has 0 unspecified atom stereocenters. The zero-order valence-electron chi connectivity index (χ0n) is 17.8. The Labute approximate surface area is 175 Å². The number of ether oxygens (including phenoxy) is 1. The number of benzene rings is 1. The van der Waals surface area contributed by atoms with Crippen molar-refractivity contribution in [2.24, 2.45) is 10.9 Å². The Morgan fingerprint density at radius 3 is 2.50 bits per heavy atom. The van der Waals surface area contributed by atoms with Crippen LogP contribution in [0.25, 0.3) is 0 Å². The molecule has 9 heteroatoms. The Hall–Kier alpha value is -2.45. The molecule has 0 spiro atoms. The standard InChI is InChI=1S/C21H31F3N4O2/c1-4-14(5-2)19(29)28-11-9-15(10-12-28)27-21(25-3)26-13-16-17(22)7-6-8-18(16)30-20(23)24/h6-8,14-15,20H,4-5,9-13H2,1-3H3,(H2,25,26,27). The van der Waals surface area contributed by atoms with E-state index in [0.29, 0.717) is 19.0 Å². The van der Waals surface area contributed by atoms with E-state index in [1.165, 1.54) is 18.2 Å². The first-order chi connectivity index (χ1) is 14.4. The van der Waals surface area contributed by atoms with E-state index in [-0.39, 0.29) is 35.7 Å². The number of nitrogens with one attached hydrogen (secondary N) is 2. The molecule has 0 atom stereocenters.